The van der Waals surface area contributed by atoms with Crippen molar-refractivity contribution >= 4 is 55.3 Å². The summed E-state index contributed by atoms with van der Waals surface area (Å²) in [6, 6.07) is 13.9. The first-order valence-corrected chi connectivity index (χ1v) is 10.2. The molecule has 0 aliphatic carbocycles. The summed E-state index contributed by atoms with van der Waals surface area (Å²) in [5, 5.41) is 3.04. The number of thiazole rings is 1. The van der Waals surface area contributed by atoms with E-state index in [1.165, 1.54) is 17.4 Å². The van der Waals surface area contributed by atoms with Crippen LogP contribution in [0, 0.1) is 0 Å². The van der Waals surface area contributed by atoms with Gasteiger partial charge in [0, 0.05) is 5.39 Å². The Morgan fingerprint density at radius 2 is 1.72 bits per heavy atom. The largest absolute Gasteiger partial charge is 0.451 e. The number of carbonyl (C=O) groups excluding carboxylic acids is 1. The van der Waals surface area contributed by atoms with E-state index in [0.29, 0.717) is 10.5 Å². The van der Waals surface area contributed by atoms with Gasteiger partial charge in [-0.2, -0.15) is 13.2 Å². The Balaban J connectivity index is 1.59. The summed E-state index contributed by atoms with van der Waals surface area (Å²) in [7, 11) is 0. The van der Waals surface area contributed by atoms with Crippen molar-refractivity contribution in [2.45, 2.75) is 23.4 Å². The first-order chi connectivity index (χ1) is 13.8. The number of fused-ring (bicyclic) bond motifs is 2. The number of alkyl halides is 3. The third kappa shape index (κ3) is 4.18. The minimum absolute atomic E-state index is 0.106. The molecule has 1 amide bonds. The topological polar surface area (TPSA) is 67.8 Å². The second-order valence-corrected chi connectivity index (χ2v) is 8.46. The summed E-state index contributed by atoms with van der Waals surface area (Å²) in [5.74, 6) is -1.59. The molecular weight excluding hydrogens is 421 g/mol. The number of thioether (sulfide) groups is 1. The number of anilines is 1. The van der Waals surface area contributed by atoms with Gasteiger partial charge in [0.15, 0.2) is 5.13 Å². The fourth-order valence-corrected chi connectivity index (χ4v) is 4.43. The molecule has 1 atom stereocenters. The molecule has 0 aliphatic rings. The number of carbonyl (C=O) groups is 1. The van der Waals surface area contributed by atoms with Crippen molar-refractivity contribution in [3.05, 3.63) is 54.4 Å². The van der Waals surface area contributed by atoms with Gasteiger partial charge < -0.3 is 5.32 Å². The second-order valence-electron chi connectivity index (χ2n) is 6.10. The van der Waals surface area contributed by atoms with E-state index in [2.05, 4.69) is 20.3 Å². The Bertz CT molecular complexity index is 1180. The Labute approximate surface area is 171 Å². The number of halogens is 3. The lowest BCUT2D eigenvalue weighted by molar-refractivity contribution is -0.145. The molecule has 10 heteroatoms. The average Bonchev–Trinajstić information content (AvgIpc) is 3.09. The molecule has 1 unspecified atom stereocenters. The fourth-order valence-electron chi connectivity index (χ4n) is 2.62. The molecule has 148 valence electrons. The molecule has 2 heterocycles. The molecule has 0 saturated carbocycles. The van der Waals surface area contributed by atoms with Crippen LogP contribution in [-0.4, -0.2) is 26.1 Å². The number of hydrogen-bond acceptors (Lipinski definition) is 6. The van der Waals surface area contributed by atoms with Crippen LogP contribution in [-0.2, 0) is 11.0 Å². The zero-order valence-electron chi connectivity index (χ0n) is 14.9. The minimum Gasteiger partial charge on any atom is -0.301 e. The van der Waals surface area contributed by atoms with Gasteiger partial charge in [0.1, 0.15) is 5.03 Å². The highest BCUT2D eigenvalue weighted by Gasteiger charge is 2.36. The van der Waals surface area contributed by atoms with Crippen LogP contribution < -0.4 is 5.32 Å². The van der Waals surface area contributed by atoms with E-state index in [1.54, 1.807) is 25.1 Å². The molecule has 29 heavy (non-hydrogen) atoms. The maximum absolute atomic E-state index is 13.2. The van der Waals surface area contributed by atoms with Crippen molar-refractivity contribution in [3.8, 4) is 0 Å². The highest BCUT2D eigenvalue weighted by molar-refractivity contribution is 8.00. The van der Waals surface area contributed by atoms with Gasteiger partial charge in [-0.25, -0.2) is 15.0 Å². The molecule has 0 aliphatic heterocycles. The van der Waals surface area contributed by atoms with E-state index in [0.717, 1.165) is 22.0 Å². The van der Waals surface area contributed by atoms with Gasteiger partial charge in [-0.3, -0.25) is 4.79 Å². The van der Waals surface area contributed by atoms with E-state index in [-0.39, 0.29) is 16.4 Å². The predicted octanol–water partition coefficient (Wildman–Crippen LogP) is 5.38. The standard InChI is InChI=1S/C19H13F3N4OS2/c1-10(15(27)25-18-24-13-8-4-5-9-14(13)29-18)28-16-11-6-2-3-7-12(11)23-17(26-16)19(20,21)22/h2-10H,1H3,(H,24,25,27). The van der Waals surface area contributed by atoms with Crippen molar-refractivity contribution in [2.75, 3.05) is 5.32 Å². The van der Waals surface area contributed by atoms with Gasteiger partial charge in [-0.1, -0.05) is 53.4 Å². The maximum atomic E-state index is 13.2. The lowest BCUT2D eigenvalue weighted by Crippen LogP contribution is -2.22. The van der Waals surface area contributed by atoms with Crippen LogP contribution in [0.3, 0.4) is 0 Å². The summed E-state index contributed by atoms with van der Waals surface area (Å²) in [6.07, 6.45) is -4.67. The summed E-state index contributed by atoms with van der Waals surface area (Å²) in [4.78, 5) is 24.2. The van der Waals surface area contributed by atoms with E-state index in [4.69, 9.17) is 0 Å². The quantitative estimate of drug-likeness (QED) is 0.345. The van der Waals surface area contributed by atoms with Gasteiger partial charge in [0.25, 0.3) is 0 Å². The SMILES string of the molecule is CC(Sc1nc(C(F)(F)F)nc2ccccc12)C(=O)Nc1nc2ccccc2s1. The monoisotopic (exact) mass is 434 g/mol. The van der Waals surface area contributed by atoms with Gasteiger partial charge in [-0.05, 0) is 25.1 Å². The number of aromatic nitrogens is 3. The zero-order valence-corrected chi connectivity index (χ0v) is 16.5. The highest BCUT2D eigenvalue weighted by atomic mass is 32.2. The van der Waals surface area contributed by atoms with E-state index in [1.807, 2.05) is 24.3 Å². The van der Waals surface area contributed by atoms with Crippen molar-refractivity contribution in [2.24, 2.45) is 0 Å². The zero-order chi connectivity index (χ0) is 20.6. The maximum Gasteiger partial charge on any atom is 0.451 e. The number of para-hydroxylation sites is 2. The smallest absolute Gasteiger partial charge is 0.301 e. The summed E-state index contributed by atoms with van der Waals surface area (Å²) < 4.78 is 40.4. The van der Waals surface area contributed by atoms with Crippen LogP contribution in [0.15, 0.2) is 53.6 Å². The molecule has 0 bridgehead atoms. The molecule has 0 saturated heterocycles. The molecule has 0 radical (unpaired) electrons. The van der Waals surface area contributed by atoms with Crippen LogP contribution >= 0.6 is 23.1 Å². The number of amides is 1. The Kier molecular flexibility index (Phi) is 5.13. The van der Waals surface area contributed by atoms with Crippen molar-refractivity contribution < 1.29 is 18.0 Å². The Morgan fingerprint density at radius 1 is 1.03 bits per heavy atom. The molecule has 0 fully saturated rings. The highest BCUT2D eigenvalue weighted by Crippen LogP contribution is 2.34. The van der Waals surface area contributed by atoms with Gasteiger partial charge in [-0.15, -0.1) is 0 Å². The van der Waals surface area contributed by atoms with Gasteiger partial charge in [0.05, 0.1) is 21.0 Å². The van der Waals surface area contributed by atoms with Crippen LogP contribution in [0.25, 0.3) is 21.1 Å². The second kappa shape index (κ2) is 7.60. The lowest BCUT2D eigenvalue weighted by atomic mass is 10.2. The fraction of sp³-hybridized carbons (Fsp3) is 0.158. The molecule has 4 rings (SSSR count). The van der Waals surface area contributed by atoms with Gasteiger partial charge >= 0.3 is 6.18 Å². The van der Waals surface area contributed by atoms with Crippen molar-refractivity contribution in [1.82, 2.24) is 15.0 Å². The third-order valence-electron chi connectivity index (χ3n) is 4.00. The summed E-state index contributed by atoms with van der Waals surface area (Å²) in [6.45, 7) is 1.61. The normalized spacial score (nSPS) is 13.0. The minimum atomic E-state index is -4.67. The van der Waals surface area contributed by atoms with Crippen LogP contribution in [0.2, 0.25) is 0 Å². The number of benzene rings is 2. The number of nitrogens with one attached hydrogen (secondary N) is 1. The van der Waals surface area contributed by atoms with E-state index in [9.17, 15) is 18.0 Å². The molecule has 5 nitrogen and oxygen atoms in total. The summed E-state index contributed by atoms with van der Waals surface area (Å²) in [5.41, 5.74) is 0.945. The van der Waals surface area contributed by atoms with Crippen LogP contribution in [0.5, 0.6) is 0 Å². The van der Waals surface area contributed by atoms with Crippen molar-refractivity contribution in [1.29, 1.82) is 0 Å². The average molecular weight is 434 g/mol. The van der Waals surface area contributed by atoms with E-state index >= 15 is 0 Å². The number of rotatable bonds is 4. The third-order valence-corrected chi connectivity index (χ3v) is 6.06. The van der Waals surface area contributed by atoms with Crippen LogP contribution in [0.4, 0.5) is 18.3 Å². The predicted molar refractivity (Wildman–Crippen MR) is 108 cm³/mol. The lowest BCUT2D eigenvalue weighted by Gasteiger charge is -2.13. The Hall–Kier alpha value is -2.72. The Morgan fingerprint density at radius 3 is 2.45 bits per heavy atom. The number of hydrogen-bond donors (Lipinski definition) is 1. The summed E-state index contributed by atoms with van der Waals surface area (Å²) >= 11 is 2.28. The molecule has 4 aromatic rings. The number of nitrogens with zero attached hydrogens (tertiary/aromatic N) is 3. The molecule has 2 aromatic heterocycles. The molecule has 2 aromatic carbocycles. The molecule has 1 N–H and O–H groups in total. The molecular formula is C19H13F3N4OS2. The van der Waals surface area contributed by atoms with Crippen LogP contribution in [0.1, 0.15) is 12.7 Å². The van der Waals surface area contributed by atoms with Gasteiger partial charge in [0.2, 0.25) is 11.7 Å². The van der Waals surface area contributed by atoms with E-state index < -0.39 is 17.3 Å². The first kappa shape index (κ1) is 19.6. The molecule has 0 spiro atoms. The first-order valence-electron chi connectivity index (χ1n) is 8.48. The van der Waals surface area contributed by atoms with Crippen molar-refractivity contribution in [3.63, 3.8) is 0 Å².